The van der Waals surface area contributed by atoms with Crippen LogP contribution in [0.2, 0.25) is 5.02 Å². The van der Waals surface area contributed by atoms with Crippen LogP contribution in [-0.2, 0) is 18.9 Å². The summed E-state index contributed by atoms with van der Waals surface area (Å²) in [6.45, 7) is 6.67. The molecule has 0 unspecified atom stereocenters. The molecule has 1 aromatic carbocycles. The maximum Gasteiger partial charge on any atom is 0.255 e. The van der Waals surface area contributed by atoms with Crippen LogP contribution in [0.1, 0.15) is 42.8 Å². The Balaban J connectivity index is 1.51. The fourth-order valence-electron chi connectivity index (χ4n) is 3.42. The Morgan fingerprint density at radius 1 is 1.21 bits per heavy atom. The van der Waals surface area contributed by atoms with Crippen molar-refractivity contribution in [1.29, 1.82) is 0 Å². The number of nitrogens with zero attached hydrogens (tertiary/aromatic N) is 5. The minimum Gasteiger partial charge on any atom is -0.351 e. The van der Waals surface area contributed by atoms with Crippen molar-refractivity contribution >= 4 is 34.2 Å². The Kier molecular flexibility index (Phi) is 4.78. The Hall–Kier alpha value is -2.93. The lowest BCUT2D eigenvalue weighted by molar-refractivity contribution is 0.0955. The zero-order valence-electron chi connectivity index (χ0n) is 16.9. The Morgan fingerprint density at radius 2 is 2.00 bits per heavy atom. The number of benzene rings is 1. The highest BCUT2D eigenvalue weighted by atomic mass is 35.5. The van der Waals surface area contributed by atoms with Gasteiger partial charge in [0.05, 0.1) is 16.6 Å². The Bertz CT molecular complexity index is 1220. The number of carbonyl (C=O) groups excluding carboxylic acids is 1. The highest BCUT2D eigenvalue weighted by molar-refractivity contribution is 6.31. The van der Waals surface area contributed by atoms with Gasteiger partial charge in [-0.2, -0.15) is 0 Å². The van der Waals surface area contributed by atoms with E-state index >= 15 is 0 Å². The molecule has 7 nitrogen and oxygen atoms in total. The molecule has 1 amide bonds. The minimum atomic E-state index is -0.176. The van der Waals surface area contributed by atoms with Gasteiger partial charge in [-0.15, -0.1) is 10.2 Å². The van der Waals surface area contributed by atoms with Crippen LogP contribution in [0.4, 0.5) is 0 Å². The monoisotopic (exact) mass is 410 g/mol. The number of hydrogen-bond donors (Lipinski definition) is 1. The van der Waals surface area contributed by atoms with Crippen LogP contribution in [0.25, 0.3) is 16.7 Å². The Labute approximate surface area is 173 Å². The molecule has 0 saturated carbocycles. The normalized spacial score (nSPS) is 12.0. The van der Waals surface area contributed by atoms with Gasteiger partial charge < -0.3 is 9.88 Å². The third-order valence-corrected chi connectivity index (χ3v) is 5.15. The zero-order valence-corrected chi connectivity index (χ0v) is 17.7. The lowest BCUT2D eigenvalue weighted by Gasteiger charge is -2.15. The maximum atomic E-state index is 12.8. The van der Waals surface area contributed by atoms with Crippen molar-refractivity contribution < 1.29 is 4.79 Å². The van der Waals surface area contributed by atoms with E-state index in [0.29, 0.717) is 29.2 Å². The van der Waals surface area contributed by atoms with Gasteiger partial charge in [-0.25, -0.2) is 4.98 Å². The molecule has 4 rings (SSSR count). The summed E-state index contributed by atoms with van der Waals surface area (Å²) in [5, 5.41) is 12.2. The summed E-state index contributed by atoms with van der Waals surface area (Å²) in [6.07, 6.45) is 2.49. The average molecular weight is 411 g/mol. The van der Waals surface area contributed by atoms with Gasteiger partial charge in [-0.05, 0) is 30.3 Å². The summed E-state index contributed by atoms with van der Waals surface area (Å²) >= 11 is 6.08. The molecule has 0 aliphatic heterocycles. The number of amides is 1. The van der Waals surface area contributed by atoms with Crippen LogP contribution >= 0.6 is 11.6 Å². The van der Waals surface area contributed by atoms with Crippen molar-refractivity contribution in [1.82, 2.24) is 29.5 Å². The van der Waals surface area contributed by atoms with Crippen LogP contribution in [0.5, 0.6) is 0 Å². The van der Waals surface area contributed by atoms with Gasteiger partial charge >= 0.3 is 0 Å². The lowest BCUT2D eigenvalue weighted by Crippen LogP contribution is -2.27. The molecular weight excluding hydrogens is 388 g/mol. The number of fused-ring (bicyclic) bond motifs is 2. The van der Waals surface area contributed by atoms with E-state index in [-0.39, 0.29) is 11.3 Å². The standard InChI is InChI=1S/C21H23ClN6O/c1-21(2,3)20-26-25-18-14(6-5-11-28(18)20)19(29)23-10-9-17-24-15-8-7-13(22)12-16(15)27(17)4/h5-8,11-12H,9-10H2,1-4H3,(H,23,29). The quantitative estimate of drug-likeness (QED) is 0.558. The number of rotatable bonds is 4. The predicted octanol–water partition coefficient (Wildman–Crippen LogP) is 3.54. The summed E-state index contributed by atoms with van der Waals surface area (Å²) in [5.41, 5.74) is 2.76. The number of aromatic nitrogens is 5. The molecule has 150 valence electrons. The van der Waals surface area contributed by atoms with Gasteiger partial charge in [0.15, 0.2) is 5.65 Å². The number of halogens is 1. The van der Waals surface area contributed by atoms with Crippen molar-refractivity contribution in [2.45, 2.75) is 32.6 Å². The predicted molar refractivity (Wildman–Crippen MR) is 113 cm³/mol. The third-order valence-electron chi connectivity index (χ3n) is 4.92. The first kappa shape index (κ1) is 19.4. The van der Waals surface area contributed by atoms with Crippen LogP contribution in [0.15, 0.2) is 36.5 Å². The van der Waals surface area contributed by atoms with Crippen molar-refractivity contribution in [2.75, 3.05) is 6.54 Å². The summed E-state index contributed by atoms with van der Waals surface area (Å²) in [4.78, 5) is 17.4. The minimum absolute atomic E-state index is 0.169. The molecule has 8 heteroatoms. The molecule has 0 fully saturated rings. The van der Waals surface area contributed by atoms with E-state index in [1.165, 1.54) is 0 Å². The highest BCUT2D eigenvalue weighted by Gasteiger charge is 2.23. The number of aryl methyl sites for hydroxylation is 1. The maximum absolute atomic E-state index is 12.8. The van der Waals surface area contributed by atoms with E-state index in [9.17, 15) is 4.79 Å². The molecule has 29 heavy (non-hydrogen) atoms. The largest absolute Gasteiger partial charge is 0.351 e. The van der Waals surface area contributed by atoms with Crippen molar-refractivity contribution in [3.8, 4) is 0 Å². The highest BCUT2D eigenvalue weighted by Crippen LogP contribution is 2.22. The van der Waals surface area contributed by atoms with Gasteiger partial charge in [0.2, 0.25) is 0 Å². The molecule has 0 aliphatic rings. The number of imidazole rings is 1. The number of nitrogens with one attached hydrogen (secondary N) is 1. The molecule has 0 atom stereocenters. The van der Waals surface area contributed by atoms with Crippen LogP contribution < -0.4 is 5.32 Å². The van der Waals surface area contributed by atoms with Crippen molar-refractivity contribution in [3.63, 3.8) is 0 Å². The molecule has 0 spiro atoms. The lowest BCUT2D eigenvalue weighted by atomic mass is 9.96. The molecule has 0 aliphatic carbocycles. The second kappa shape index (κ2) is 7.15. The van der Waals surface area contributed by atoms with E-state index in [1.807, 2.05) is 46.5 Å². The smallest absolute Gasteiger partial charge is 0.255 e. The summed E-state index contributed by atoms with van der Waals surface area (Å²) in [5.74, 6) is 1.53. The van der Waals surface area contributed by atoms with Crippen molar-refractivity contribution in [2.24, 2.45) is 7.05 Å². The van der Waals surface area contributed by atoms with E-state index < -0.39 is 0 Å². The zero-order chi connectivity index (χ0) is 20.8. The number of pyridine rings is 1. The number of carbonyl (C=O) groups is 1. The number of hydrogen-bond acceptors (Lipinski definition) is 4. The first-order chi connectivity index (χ1) is 13.8. The molecule has 3 heterocycles. The molecule has 3 aromatic heterocycles. The van der Waals surface area contributed by atoms with Crippen LogP contribution in [0.3, 0.4) is 0 Å². The molecule has 0 radical (unpaired) electrons. The molecule has 4 aromatic rings. The SMILES string of the molecule is Cn1c(CCNC(=O)c2cccn3c(C(C)(C)C)nnc23)nc2ccc(Cl)cc21. The van der Waals surface area contributed by atoms with Crippen LogP contribution in [0, 0.1) is 0 Å². The summed E-state index contributed by atoms with van der Waals surface area (Å²) in [6, 6.07) is 9.23. The van der Waals surface area contributed by atoms with E-state index in [4.69, 9.17) is 11.6 Å². The first-order valence-electron chi connectivity index (χ1n) is 9.49. The molecule has 0 bridgehead atoms. The third kappa shape index (κ3) is 3.58. The van der Waals surface area contributed by atoms with E-state index in [2.05, 4.69) is 41.3 Å². The van der Waals surface area contributed by atoms with E-state index in [1.54, 1.807) is 6.07 Å². The van der Waals surface area contributed by atoms with Gasteiger partial charge in [0.1, 0.15) is 11.6 Å². The second-order valence-corrected chi connectivity index (χ2v) is 8.55. The fourth-order valence-corrected chi connectivity index (χ4v) is 3.59. The average Bonchev–Trinajstić information content (AvgIpc) is 3.23. The van der Waals surface area contributed by atoms with Crippen LogP contribution in [-0.4, -0.2) is 36.6 Å². The van der Waals surface area contributed by atoms with Gasteiger partial charge in [0, 0.05) is 36.6 Å². The molecular formula is C21H23ClN6O. The first-order valence-corrected chi connectivity index (χ1v) is 9.87. The fraction of sp³-hybridized carbons (Fsp3) is 0.333. The van der Waals surface area contributed by atoms with Crippen molar-refractivity contribution in [3.05, 3.63) is 58.8 Å². The van der Waals surface area contributed by atoms with Gasteiger partial charge in [0.25, 0.3) is 5.91 Å². The summed E-state index contributed by atoms with van der Waals surface area (Å²) in [7, 11) is 1.95. The van der Waals surface area contributed by atoms with Gasteiger partial charge in [-0.3, -0.25) is 9.20 Å². The Morgan fingerprint density at radius 3 is 2.76 bits per heavy atom. The molecule has 1 N–H and O–H groups in total. The summed E-state index contributed by atoms with van der Waals surface area (Å²) < 4.78 is 3.88. The van der Waals surface area contributed by atoms with E-state index in [0.717, 1.165) is 22.7 Å². The second-order valence-electron chi connectivity index (χ2n) is 8.12. The molecule has 0 saturated heterocycles. The topological polar surface area (TPSA) is 77.1 Å². The van der Waals surface area contributed by atoms with Gasteiger partial charge in [-0.1, -0.05) is 32.4 Å².